The molecule has 86 heavy (non-hydrogen) atoms. The summed E-state index contributed by atoms with van der Waals surface area (Å²) in [7, 11) is 0. The Morgan fingerprint density at radius 3 is 1.36 bits per heavy atom. The van der Waals surface area contributed by atoms with E-state index >= 15 is 0 Å². The minimum Gasteiger partial charge on any atom is -0.456 e. The highest BCUT2D eigenvalue weighted by atomic mass is 16.5. The van der Waals surface area contributed by atoms with Gasteiger partial charge in [0.1, 0.15) is 11.5 Å². The van der Waals surface area contributed by atoms with Crippen LogP contribution in [-0.2, 0) is 10.8 Å². The Balaban J connectivity index is 1.06. The van der Waals surface area contributed by atoms with Crippen LogP contribution in [0.2, 0.25) is 0 Å². The van der Waals surface area contributed by atoms with Crippen molar-refractivity contribution < 1.29 is 4.74 Å². The first-order valence-corrected chi connectivity index (χ1v) is 30.2. The van der Waals surface area contributed by atoms with Crippen LogP contribution in [0.25, 0.3) is 88.4 Å². The van der Waals surface area contributed by atoms with Crippen molar-refractivity contribution in [1.29, 1.82) is 0 Å². The van der Waals surface area contributed by atoms with E-state index in [0.717, 1.165) is 90.3 Å². The monoisotopic (exact) mass is 1100 g/mol. The van der Waals surface area contributed by atoms with E-state index in [1.807, 2.05) is 0 Å². The number of aromatic nitrogens is 2. The van der Waals surface area contributed by atoms with Gasteiger partial charge in [0, 0.05) is 77.9 Å². The van der Waals surface area contributed by atoms with Crippen molar-refractivity contribution >= 4 is 101 Å². The van der Waals surface area contributed by atoms with Crippen LogP contribution in [-0.4, -0.2) is 15.8 Å². The number of hydrogen-bond donors (Lipinski definition) is 0. The molecule has 0 atom stereocenters. The molecule has 0 saturated carbocycles. The summed E-state index contributed by atoms with van der Waals surface area (Å²) in [5.41, 5.74) is 26.1. The zero-order valence-electron chi connectivity index (χ0n) is 49.1. The van der Waals surface area contributed by atoms with E-state index in [1.165, 1.54) is 71.2 Å². The molecule has 14 aromatic rings. The third-order valence-corrected chi connectivity index (χ3v) is 18.6. The Morgan fingerprint density at radius 2 is 0.779 bits per heavy atom. The molecule has 3 aliphatic rings. The van der Waals surface area contributed by atoms with Gasteiger partial charge in [-0.1, -0.05) is 211 Å². The van der Waals surface area contributed by atoms with E-state index in [2.05, 4.69) is 321 Å². The standard InChI is InChI=1S/C80H61BN4O/c1-79(2,3)52-38-43-71-63(44-52)61-28-14-20-34-75(61)86-76-35-21-15-29-62(76)64-45-53(80(4,5)6)46-66-78(64)85(71)74-49-56(84-69-32-18-12-26-59(69)60-27-13-19-33-70(60)84)48-73-77(74)81(66)65-42-41-55(83-67-30-16-10-24-57(67)58-25-11-17-31-68(58)83)47-72(65)82(73)54-39-36-51(37-40-54)50-22-8-7-9-23-50/h7-49H,1-6H3. The lowest BCUT2D eigenvalue weighted by Gasteiger charge is -2.46. The number of anilines is 6. The van der Waals surface area contributed by atoms with Crippen LogP contribution in [0.15, 0.2) is 261 Å². The molecule has 0 unspecified atom stereocenters. The van der Waals surface area contributed by atoms with Gasteiger partial charge in [0.15, 0.2) is 0 Å². The van der Waals surface area contributed by atoms with Gasteiger partial charge in [-0.2, -0.15) is 0 Å². The summed E-state index contributed by atoms with van der Waals surface area (Å²) in [6.07, 6.45) is 0. The Hall–Kier alpha value is -10.3. The number of benzene rings is 12. The van der Waals surface area contributed by atoms with Crippen molar-refractivity contribution in [3.05, 3.63) is 272 Å². The minimum absolute atomic E-state index is 0.140. The highest BCUT2D eigenvalue weighted by Crippen LogP contribution is 2.55. The van der Waals surface area contributed by atoms with Crippen molar-refractivity contribution in [3.63, 3.8) is 0 Å². The molecule has 5 heterocycles. The van der Waals surface area contributed by atoms with Crippen molar-refractivity contribution in [2.75, 3.05) is 9.80 Å². The summed E-state index contributed by atoms with van der Waals surface area (Å²) in [5.74, 6) is 1.64. The molecule has 0 aliphatic carbocycles. The predicted octanol–water partition coefficient (Wildman–Crippen LogP) is 19.7. The number of fused-ring (bicyclic) bond motifs is 16. The Bertz CT molecular complexity index is 5030. The van der Waals surface area contributed by atoms with Crippen LogP contribution in [0.1, 0.15) is 52.7 Å². The molecular weight excluding hydrogens is 1040 g/mol. The summed E-state index contributed by atoms with van der Waals surface area (Å²) in [6.45, 7) is 13.8. The SMILES string of the molecule is CC(C)(C)c1ccc2c(c1)-c1ccccc1Oc1ccccc1-c1cc(C(C)(C)C)cc3c1N2c1cc(-n2c4ccccc4c4ccccc42)cc2c1B3c1ccc(-n3c4ccccc4c4ccccc43)cc1N2c1ccc(-c2ccccc2)cc1. The second kappa shape index (κ2) is 18.6. The second-order valence-corrected chi connectivity index (χ2v) is 25.7. The van der Waals surface area contributed by atoms with Gasteiger partial charge < -0.3 is 23.7 Å². The smallest absolute Gasteiger partial charge is 0.252 e. The Morgan fingerprint density at radius 1 is 0.314 bits per heavy atom. The summed E-state index contributed by atoms with van der Waals surface area (Å²) in [6, 6.07) is 97.6. The molecule has 0 N–H and O–H groups in total. The van der Waals surface area contributed by atoms with E-state index in [1.54, 1.807) is 0 Å². The van der Waals surface area contributed by atoms with Crippen molar-refractivity contribution in [1.82, 2.24) is 9.13 Å². The zero-order valence-corrected chi connectivity index (χ0v) is 49.1. The van der Waals surface area contributed by atoms with Gasteiger partial charge in [-0.3, -0.25) is 0 Å². The third kappa shape index (κ3) is 7.51. The molecule has 17 rings (SSSR count). The third-order valence-electron chi connectivity index (χ3n) is 18.6. The zero-order chi connectivity index (χ0) is 57.7. The number of para-hydroxylation sites is 6. The number of hydrogen-bond acceptors (Lipinski definition) is 3. The number of ether oxygens (including phenoxy) is 1. The van der Waals surface area contributed by atoms with Crippen molar-refractivity contribution in [3.8, 4) is 56.3 Å². The normalized spacial score (nSPS) is 13.3. The van der Waals surface area contributed by atoms with Gasteiger partial charge in [-0.05, 0) is 140 Å². The number of rotatable bonds is 4. The second-order valence-electron chi connectivity index (χ2n) is 25.7. The van der Waals surface area contributed by atoms with Crippen LogP contribution >= 0.6 is 0 Å². The lowest BCUT2D eigenvalue weighted by Crippen LogP contribution is -2.61. The summed E-state index contributed by atoms with van der Waals surface area (Å²) >= 11 is 0. The molecule has 5 nitrogen and oxygen atoms in total. The van der Waals surface area contributed by atoms with E-state index in [4.69, 9.17) is 4.74 Å². The molecule has 0 radical (unpaired) electrons. The molecule has 0 spiro atoms. The van der Waals surface area contributed by atoms with E-state index in [-0.39, 0.29) is 17.5 Å². The van der Waals surface area contributed by atoms with Crippen molar-refractivity contribution in [2.45, 2.75) is 52.4 Å². The molecular formula is C80H61BN4O. The van der Waals surface area contributed by atoms with Crippen LogP contribution in [0.3, 0.4) is 0 Å². The molecule has 2 aromatic heterocycles. The molecule has 0 amide bonds. The van der Waals surface area contributed by atoms with Crippen LogP contribution in [0.5, 0.6) is 11.5 Å². The fourth-order valence-electron chi connectivity index (χ4n) is 14.5. The molecule has 6 heteroatoms. The van der Waals surface area contributed by atoms with E-state index in [9.17, 15) is 0 Å². The number of nitrogens with zero attached hydrogens (tertiary/aromatic N) is 4. The van der Waals surface area contributed by atoms with Gasteiger partial charge in [0.05, 0.1) is 33.4 Å². The predicted molar refractivity (Wildman–Crippen MR) is 363 cm³/mol. The first-order chi connectivity index (χ1) is 41.9. The van der Waals surface area contributed by atoms with E-state index < -0.39 is 0 Å². The minimum atomic E-state index is -0.221. The fraction of sp³-hybridized carbons (Fsp3) is 0.100. The quantitative estimate of drug-likeness (QED) is 0.164. The van der Waals surface area contributed by atoms with Gasteiger partial charge in [0.25, 0.3) is 6.71 Å². The Kier molecular flexibility index (Phi) is 10.9. The highest BCUT2D eigenvalue weighted by molar-refractivity contribution is 7.00. The maximum Gasteiger partial charge on any atom is 0.252 e. The summed E-state index contributed by atoms with van der Waals surface area (Å²) in [4.78, 5) is 5.26. The fourth-order valence-corrected chi connectivity index (χ4v) is 14.5. The molecule has 3 aliphatic heterocycles. The van der Waals surface area contributed by atoms with Crippen molar-refractivity contribution in [2.24, 2.45) is 0 Å². The average Bonchev–Trinajstić information content (AvgIpc) is 0.804. The van der Waals surface area contributed by atoms with Gasteiger partial charge in [-0.25, -0.2) is 0 Å². The molecule has 0 fully saturated rings. The first kappa shape index (κ1) is 50.2. The van der Waals surface area contributed by atoms with Gasteiger partial charge in [-0.15, -0.1) is 0 Å². The van der Waals surface area contributed by atoms with Gasteiger partial charge in [0.2, 0.25) is 0 Å². The average molecular weight is 1110 g/mol. The van der Waals surface area contributed by atoms with E-state index in [0.29, 0.717) is 0 Å². The lowest BCUT2D eigenvalue weighted by atomic mass is 9.33. The summed E-state index contributed by atoms with van der Waals surface area (Å²) < 4.78 is 12.3. The van der Waals surface area contributed by atoms with Crippen LogP contribution < -0.4 is 30.9 Å². The molecule has 0 saturated heterocycles. The highest BCUT2D eigenvalue weighted by Gasteiger charge is 2.46. The van der Waals surface area contributed by atoms with Crippen LogP contribution in [0.4, 0.5) is 34.1 Å². The van der Waals surface area contributed by atoms with Crippen LogP contribution in [0, 0.1) is 0 Å². The maximum atomic E-state index is 7.35. The molecule has 0 bridgehead atoms. The lowest BCUT2D eigenvalue weighted by molar-refractivity contribution is 0.486. The molecule has 410 valence electrons. The summed E-state index contributed by atoms with van der Waals surface area (Å²) in [5, 5.41) is 4.91. The molecule has 12 aromatic carbocycles. The topological polar surface area (TPSA) is 25.6 Å². The Labute approximate surface area is 502 Å². The largest absolute Gasteiger partial charge is 0.456 e. The first-order valence-electron chi connectivity index (χ1n) is 30.2. The van der Waals surface area contributed by atoms with Gasteiger partial charge >= 0.3 is 0 Å². The maximum absolute atomic E-state index is 7.35.